The van der Waals surface area contributed by atoms with Gasteiger partial charge >= 0.3 is 0 Å². The lowest BCUT2D eigenvalue weighted by molar-refractivity contribution is -0.117. The van der Waals surface area contributed by atoms with Crippen molar-refractivity contribution in [2.24, 2.45) is 0 Å². The van der Waals surface area contributed by atoms with E-state index in [0.717, 1.165) is 49.8 Å². The highest BCUT2D eigenvalue weighted by molar-refractivity contribution is 5.75. The van der Waals surface area contributed by atoms with E-state index in [-0.39, 0.29) is 5.43 Å². The molecule has 0 aliphatic carbocycles. The normalized spacial score (nSPS) is 10.9. The van der Waals surface area contributed by atoms with Gasteiger partial charge in [0.2, 0.25) is 0 Å². The van der Waals surface area contributed by atoms with Crippen molar-refractivity contribution in [3.05, 3.63) is 27.1 Å². The summed E-state index contributed by atoms with van der Waals surface area (Å²) in [6.45, 7) is 5.45. The molecular weight excluding hydrogens is 316 g/mol. The Balaban J connectivity index is 2.27. The molecule has 25 heavy (non-hydrogen) atoms. The first-order valence-electron chi connectivity index (χ1n) is 9.70. The average Bonchev–Trinajstić information content (AvgIpc) is 2.59. The van der Waals surface area contributed by atoms with E-state index in [1.165, 1.54) is 25.7 Å². The second-order valence-corrected chi connectivity index (χ2v) is 6.83. The Hall–Kier alpha value is -1.58. The summed E-state index contributed by atoms with van der Waals surface area (Å²) in [5.41, 5.74) is 1.42. The molecule has 0 aromatic carbocycles. The molecule has 0 N–H and O–H groups in total. The number of methoxy groups -OCH3 is 1. The van der Waals surface area contributed by atoms with E-state index in [0.29, 0.717) is 23.7 Å². The molecule has 1 rings (SSSR count). The van der Waals surface area contributed by atoms with Gasteiger partial charge in [0.05, 0.1) is 12.7 Å². The molecule has 1 aromatic heterocycles. The van der Waals surface area contributed by atoms with Crippen LogP contribution in [-0.2, 0) is 17.6 Å². The number of hydrogen-bond acceptors (Lipinski definition) is 4. The van der Waals surface area contributed by atoms with Crippen molar-refractivity contribution in [2.45, 2.75) is 91.4 Å². The molecule has 0 fully saturated rings. The quantitative estimate of drug-likeness (QED) is 0.461. The van der Waals surface area contributed by atoms with Crippen LogP contribution < -0.4 is 10.2 Å². The van der Waals surface area contributed by atoms with Crippen LogP contribution in [-0.4, -0.2) is 12.9 Å². The second-order valence-electron chi connectivity index (χ2n) is 6.83. The molecule has 1 aromatic rings. The van der Waals surface area contributed by atoms with E-state index < -0.39 is 0 Å². The minimum absolute atomic E-state index is 0.0613. The second kappa shape index (κ2) is 11.9. The lowest BCUT2D eigenvalue weighted by Gasteiger charge is -2.10. The number of rotatable bonds is 13. The van der Waals surface area contributed by atoms with Crippen molar-refractivity contribution < 1.29 is 13.9 Å². The highest BCUT2D eigenvalue weighted by Crippen LogP contribution is 2.21. The SMILES string of the molecule is CCc1c(OC)oc(CCCCCCCCCCC(C)=O)c(C)c1=O. The molecule has 4 heteroatoms. The van der Waals surface area contributed by atoms with Crippen molar-refractivity contribution in [3.8, 4) is 5.95 Å². The van der Waals surface area contributed by atoms with E-state index >= 15 is 0 Å². The molecule has 0 atom stereocenters. The third kappa shape index (κ3) is 7.45. The monoisotopic (exact) mass is 350 g/mol. The van der Waals surface area contributed by atoms with Gasteiger partial charge in [0.15, 0.2) is 5.43 Å². The van der Waals surface area contributed by atoms with Crippen molar-refractivity contribution in [3.63, 3.8) is 0 Å². The van der Waals surface area contributed by atoms with Crippen LogP contribution in [0.4, 0.5) is 0 Å². The molecule has 0 unspecified atom stereocenters. The first-order valence-corrected chi connectivity index (χ1v) is 9.70. The molecule has 0 aliphatic rings. The highest BCUT2D eigenvalue weighted by atomic mass is 16.6. The molecule has 0 bridgehead atoms. The zero-order valence-electron chi connectivity index (χ0n) is 16.4. The average molecular weight is 350 g/mol. The summed E-state index contributed by atoms with van der Waals surface area (Å²) < 4.78 is 11.0. The number of carbonyl (C=O) groups excluding carboxylic acids is 1. The minimum atomic E-state index is 0.0613. The Morgan fingerprint density at radius 1 is 1.00 bits per heavy atom. The van der Waals surface area contributed by atoms with E-state index in [1.807, 2.05) is 13.8 Å². The number of Topliss-reactive ketones (excluding diaryl/α,β-unsaturated/α-hetero) is 1. The van der Waals surface area contributed by atoms with Crippen LogP contribution in [0.25, 0.3) is 0 Å². The fourth-order valence-electron chi connectivity index (χ4n) is 3.12. The van der Waals surface area contributed by atoms with E-state index in [1.54, 1.807) is 14.0 Å². The van der Waals surface area contributed by atoms with Crippen LogP contribution in [0.15, 0.2) is 9.21 Å². The van der Waals surface area contributed by atoms with Gasteiger partial charge in [0.25, 0.3) is 5.95 Å². The Morgan fingerprint density at radius 2 is 1.56 bits per heavy atom. The van der Waals surface area contributed by atoms with Crippen molar-refractivity contribution in [2.75, 3.05) is 7.11 Å². The van der Waals surface area contributed by atoms with Crippen LogP contribution in [0.3, 0.4) is 0 Å². The van der Waals surface area contributed by atoms with Gasteiger partial charge in [-0.2, -0.15) is 0 Å². The van der Waals surface area contributed by atoms with Crippen LogP contribution >= 0.6 is 0 Å². The summed E-state index contributed by atoms with van der Waals surface area (Å²) in [6.07, 6.45) is 11.4. The number of hydrogen-bond donors (Lipinski definition) is 0. The zero-order valence-corrected chi connectivity index (χ0v) is 16.4. The van der Waals surface area contributed by atoms with E-state index in [4.69, 9.17) is 9.15 Å². The van der Waals surface area contributed by atoms with E-state index in [9.17, 15) is 9.59 Å². The molecule has 0 radical (unpaired) electrons. The van der Waals surface area contributed by atoms with Gasteiger partial charge in [-0.15, -0.1) is 0 Å². The Labute approximate surface area is 152 Å². The van der Waals surface area contributed by atoms with Gasteiger partial charge in [-0.1, -0.05) is 45.4 Å². The summed E-state index contributed by atoms with van der Waals surface area (Å²) >= 11 is 0. The minimum Gasteiger partial charge on any atom is -0.468 e. The van der Waals surface area contributed by atoms with Gasteiger partial charge in [-0.25, -0.2) is 0 Å². The van der Waals surface area contributed by atoms with Crippen LogP contribution in [0, 0.1) is 6.92 Å². The smallest absolute Gasteiger partial charge is 0.291 e. The number of unbranched alkanes of at least 4 members (excludes halogenated alkanes) is 7. The molecule has 0 amide bonds. The van der Waals surface area contributed by atoms with Crippen LogP contribution in [0.2, 0.25) is 0 Å². The van der Waals surface area contributed by atoms with Crippen molar-refractivity contribution in [1.29, 1.82) is 0 Å². The molecule has 0 spiro atoms. The van der Waals surface area contributed by atoms with Crippen LogP contribution in [0.5, 0.6) is 5.95 Å². The predicted molar refractivity (Wildman–Crippen MR) is 102 cm³/mol. The Bertz CT molecular complexity index is 586. The molecule has 142 valence electrons. The molecular formula is C21H34O4. The number of aryl methyl sites for hydroxylation is 1. The van der Waals surface area contributed by atoms with Gasteiger partial charge in [0, 0.05) is 18.4 Å². The van der Waals surface area contributed by atoms with Crippen LogP contribution in [0.1, 0.15) is 88.5 Å². The van der Waals surface area contributed by atoms with Crippen molar-refractivity contribution in [1.82, 2.24) is 0 Å². The predicted octanol–water partition coefficient (Wildman–Crippen LogP) is 5.16. The zero-order chi connectivity index (χ0) is 18.7. The maximum absolute atomic E-state index is 12.3. The fourth-order valence-corrected chi connectivity index (χ4v) is 3.12. The van der Waals surface area contributed by atoms with Gasteiger partial charge < -0.3 is 13.9 Å². The van der Waals surface area contributed by atoms with Gasteiger partial charge in [0.1, 0.15) is 11.5 Å². The summed E-state index contributed by atoms with van der Waals surface area (Å²) in [5.74, 6) is 1.44. The Kier molecular flexibility index (Phi) is 10.2. The lowest BCUT2D eigenvalue weighted by Crippen LogP contribution is -2.15. The summed E-state index contributed by atoms with van der Waals surface area (Å²) in [4.78, 5) is 23.2. The lowest BCUT2D eigenvalue weighted by atomic mass is 10.0. The third-order valence-electron chi connectivity index (χ3n) is 4.72. The topological polar surface area (TPSA) is 56.5 Å². The standard InChI is InChI=1S/C21H34O4/c1-5-18-20(23)17(3)19(25-21(18)24-4)15-13-11-9-7-6-8-10-12-14-16(2)22/h5-15H2,1-4H3. The molecule has 0 saturated carbocycles. The first-order chi connectivity index (χ1) is 12.0. The molecule has 0 saturated heterocycles. The Morgan fingerprint density at radius 3 is 2.08 bits per heavy atom. The molecule has 4 nitrogen and oxygen atoms in total. The highest BCUT2D eigenvalue weighted by Gasteiger charge is 2.15. The van der Waals surface area contributed by atoms with E-state index in [2.05, 4.69) is 0 Å². The summed E-state index contributed by atoms with van der Waals surface area (Å²) in [7, 11) is 1.55. The molecule has 1 heterocycles. The van der Waals surface area contributed by atoms with Gasteiger partial charge in [-0.05, 0) is 33.1 Å². The maximum Gasteiger partial charge on any atom is 0.291 e. The summed E-state index contributed by atoms with van der Waals surface area (Å²) in [5, 5.41) is 0. The summed E-state index contributed by atoms with van der Waals surface area (Å²) in [6, 6.07) is 0. The third-order valence-corrected chi connectivity index (χ3v) is 4.72. The fraction of sp³-hybridized carbons (Fsp3) is 0.714. The largest absolute Gasteiger partial charge is 0.468 e. The number of carbonyl (C=O) groups is 1. The first kappa shape index (κ1) is 21.5. The molecule has 0 aliphatic heterocycles. The van der Waals surface area contributed by atoms with Gasteiger partial charge in [-0.3, -0.25) is 4.79 Å². The van der Waals surface area contributed by atoms with Crippen molar-refractivity contribution >= 4 is 5.78 Å². The number of ketones is 1. The maximum atomic E-state index is 12.3. The number of ether oxygens (including phenoxy) is 1.